The lowest BCUT2D eigenvalue weighted by molar-refractivity contribution is 0.171. The van der Waals surface area contributed by atoms with E-state index in [1.165, 1.54) is 69.8 Å². The molecule has 2 aliphatic rings. The number of alkyl halides is 1. The minimum absolute atomic E-state index is 0.212. The molecule has 0 bridgehead atoms. The maximum absolute atomic E-state index is 12.2. The van der Waals surface area contributed by atoms with Crippen molar-refractivity contribution >= 4 is 0 Å². The van der Waals surface area contributed by atoms with E-state index >= 15 is 0 Å². The zero-order chi connectivity index (χ0) is 18.2. The van der Waals surface area contributed by atoms with Crippen molar-refractivity contribution in [1.82, 2.24) is 0 Å². The summed E-state index contributed by atoms with van der Waals surface area (Å²) < 4.78 is 12.2. The Hall–Kier alpha value is -1.11. The van der Waals surface area contributed by atoms with Gasteiger partial charge in [-0.3, -0.25) is 4.39 Å². The van der Waals surface area contributed by atoms with E-state index in [2.05, 4.69) is 43.3 Å². The van der Waals surface area contributed by atoms with Crippen LogP contribution in [0.15, 0.2) is 36.4 Å². The maximum atomic E-state index is 12.2. The average molecular weight is 357 g/mol. The molecule has 0 nitrogen and oxygen atoms in total. The standard InChI is InChI=1S/C25H37F/c1-2-5-20-7-11-22(12-8-20)24-15-17-25(18-16-24)23-13-9-21(10-14-23)6-3-4-19-26/h3,6-8,11-12,21,23-25H,2,4-5,9-10,13-19H2,1H3/b6-3+. The molecule has 0 unspecified atom stereocenters. The summed E-state index contributed by atoms with van der Waals surface area (Å²) in [5, 5.41) is 0. The van der Waals surface area contributed by atoms with Gasteiger partial charge in [0.2, 0.25) is 0 Å². The molecule has 2 saturated carbocycles. The van der Waals surface area contributed by atoms with Gasteiger partial charge in [0, 0.05) is 0 Å². The molecule has 0 heterocycles. The van der Waals surface area contributed by atoms with E-state index in [9.17, 15) is 4.39 Å². The van der Waals surface area contributed by atoms with Crippen molar-refractivity contribution in [3.8, 4) is 0 Å². The average Bonchev–Trinajstić information content (AvgIpc) is 2.70. The first-order chi connectivity index (χ1) is 12.8. The summed E-state index contributed by atoms with van der Waals surface area (Å²) in [6, 6.07) is 9.49. The van der Waals surface area contributed by atoms with Crippen LogP contribution < -0.4 is 0 Å². The van der Waals surface area contributed by atoms with Crippen LogP contribution >= 0.6 is 0 Å². The van der Waals surface area contributed by atoms with Crippen LogP contribution in [-0.4, -0.2) is 6.67 Å². The SMILES string of the molecule is CCCc1ccc(C2CCC(C3CCC(/C=C/CCF)CC3)CC2)cc1. The molecule has 2 fully saturated rings. The quantitative estimate of drug-likeness (QED) is 0.440. The highest BCUT2D eigenvalue weighted by molar-refractivity contribution is 5.26. The highest BCUT2D eigenvalue weighted by atomic mass is 19.1. The van der Waals surface area contributed by atoms with E-state index in [1.807, 2.05) is 0 Å². The number of hydrogen-bond acceptors (Lipinski definition) is 0. The van der Waals surface area contributed by atoms with Gasteiger partial charge in [-0.1, -0.05) is 49.8 Å². The van der Waals surface area contributed by atoms with Crippen LogP contribution in [0.1, 0.15) is 88.2 Å². The summed E-state index contributed by atoms with van der Waals surface area (Å²) in [6.45, 7) is 2.04. The second-order valence-electron chi connectivity index (χ2n) is 8.68. The number of aryl methyl sites for hydroxylation is 1. The normalized spacial score (nSPS) is 29.9. The maximum Gasteiger partial charge on any atom is 0.0928 e. The van der Waals surface area contributed by atoms with Crippen molar-refractivity contribution in [2.45, 2.75) is 83.5 Å². The first kappa shape index (κ1) is 19.6. The molecule has 0 aromatic heterocycles. The van der Waals surface area contributed by atoms with Gasteiger partial charge in [-0.2, -0.15) is 0 Å². The monoisotopic (exact) mass is 356 g/mol. The molecule has 0 radical (unpaired) electrons. The van der Waals surface area contributed by atoms with Crippen LogP contribution in [0.4, 0.5) is 4.39 Å². The number of benzene rings is 1. The second-order valence-corrected chi connectivity index (χ2v) is 8.68. The van der Waals surface area contributed by atoms with Gasteiger partial charge in [-0.25, -0.2) is 0 Å². The Bertz CT molecular complexity index is 528. The third-order valence-corrected chi connectivity index (χ3v) is 6.93. The van der Waals surface area contributed by atoms with Gasteiger partial charge in [-0.05, 0) is 99.0 Å². The van der Waals surface area contributed by atoms with Gasteiger partial charge in [0.25, 0.3) is 0 Å². The largest absolute Gasteiger partial charge is 0.251 e. The number of halogens is 1. The van der Waals surface area contributed by atoms with Crippen molar-refractivity contribution in [2.24, 2.45) is 17.8 Å². The van der Waals surface area contributed by atoms with E-state index in [1.54, 1.807) is 5.56 Å². The Balaban J connectivity index is 1.42. The third kappa shape index (κ3) is 5.44. The molecule has 3 rings (SSSR count). The second kappa shape index (κ2) is 10.3. The van der Waals surface area contributed by atoms with E-state index in [0.717, 1.165) is 23.7 Å². The number of allylic oxidation sites excluding steroid dienone is 2. The Kier molecular flexibility index (Phi) is 7.77. The lowest BCUT2D eigenvalue weighted by atomic mass is 9.68. The van der Waals surface area contributed by atoms with Crippen molar-refractivity contribution in [3.05, 3.63) is 47.5 Å². The highest BCUT2D eigenvalue weighted by Gasteiger charge is 2.30. The zero-order valence-corrected chi connectivity index (χ0v) is 16.6. The number of hydrogen-bond donors (Lipinski definition) is 0. The molecule has 1 aromatic rings. The molecule has 0 saturated heterocycles. The van der Waals surface area contributed by atoms with Crippen LogP contribution in [0, 0.1) is 17.8 Å². The van der Waals surface area contributed by atoms with Crippen LogP contribution in [0.3, 0.4) is 0 Å². The molecule has 144 valence electrons. The first-order valence-corrected chi connectivity index (χ1v) is 11.1. The molecule has 26 heavy (non-hydrogen) atoms. The Labute approximate surface area is 160 Å². The van der Waals surface area contributed by atoms with Gasteiger partial charge < -0.3 is 0 Å². The summed E-state index contributed by atoms with van der Waals surface area (Å²) in [5.41, 5.74) is 3.06. The zero-order valence-electron chi connectivity index (χ0n) is 16.6. The highest BCUT2D eigenvalue weighted by Crippen LogP contribution is 2.44. The topological polar surface area (TPSA) is 0 Å². The Morgan fingerprint density at radius 3 is 2.08 bits per heavy atom. The van der Waals surface area contributed by atoms with Crippen molar-refractivity contribution in [2.75, 3.05) is 6.67 Å². The van der Waals surface area contributed by atoms with Crippen LogP contribution in [0.2, 0.25) is 0 Å². The first-order valence-electron chi connectivity index (χ1n) is 11.1. The predicted octanol–water partition coefficient (Wildman–Crippen LogP) is 7.64. The fourth-order valence-corrected chi connectivity index (χ4v) is 5.33. The number of rotatable bonds is 7. The molecular formula is C25H37F. The fourth-order valence-electron chi connectivity index (χ4n) is 5.33. The molecule has 1 heteroatoms. The van der Waals surface area contributed by atoms with Gasteiger partial charge in [0.15, 0.2) is 0 Å². The smallest absolute Gasteiger partial charge is 0.0928 e. The molecule has 0 amide bonds. The lowest BCUT2D eigenvalue weighted by Gasteiger charge is -2.37. The summed E-state index contributed by atoms with van der Waals surface area (Å²) in [4.78, 5) is 0. The van der Waals surface area contributed by atoms with Crippen molar-refractivity contribution < 1.29 is 4.39 Å². The van der Waals surface area contributed by atoms with Crippen LogP contribution in [-0.2, 0) is 6.42 Å². The van der Waals surface area contributed by atoms with Gasteiger partial charge >= 0.3 is 0 Å². The van der Waals surface area contributed by atoms with Crippen LogP contribution in [0.25, 0.3) is 0 Å². The van der Waals surface area contributed by atoms with Gasteiger partial charge in [0.05, 0.1) is 6.67 Å². The molecule has 0 aliphatic heterocycles. The molecule has 0 spiro atoms. The van der Waals surface area contributed by atoms with E-state index in [-0.39, 0.29) is 6.67 Å². The van der Waals surface area contributed by atoms with Crippen LogP contribution in [0.5, 0.6) is 0 Å². The summed E-state index contributed by atoms with van der Waals surface area (Å²) in [5.74, 6) is 3.42. The van der Waals surface area contributed by atoms with Crippen molar-refractivity contribution in [1.29, 1.82) is 0 Å². The summed E-state index contributed by atoms with van der Waals surface area (Å²) >= 11 is 0. The van der Waals surface area contributed by atoms with E-state index in [0.29, 0.717) is 6.42 Å². The van der Waals surface area contributed by atoms with Gasteiger partial charge in [-0.15, -0.1) is 0 Å². The molecule has 0 atom stereocenters. The predicted molar refractivity (Wildman–Crippen MR) is 110 cm³/mol. The van der Waals surface area contributed by atoms with Crippen molar-refractivity contribution in [3.63, 3.8) is 0 Å². The lowest BCUT2D eigenvalue weighted by Crippen LogP contribution is -2.25. The molecule has 1 aromatic carbocycles. The molecular weight excluding hydrogens is 319 g/mol. The van der Waals surface area contributed by atoms with E-state index < -0.39 is 0 Å². The molecule has 2 aliphatic carbocycles. The Morgan fingerprint density at radius 1 is 0.885 bits per heavy atom. The molecule has 0 N–H and O–H groups in total. The minimum atomic E-state index is -0.212. The van der Waals surface area contributed by atoms with E-state index in [4.69, 9.17) is 0 Å². The third-order valence-electron chi connectivity index (χ3n) is 6.93. The fraction of sp³-hybridized carbons (Fsp3) is 0.680. The summed E-state index contributed by atoms with van der Waals surface area (Å²) in [6.07, 6.45) is 18.4. The van der Waals surface area contributed by atoms with Gasteiger partial charge in [0.1, 0.15) is 0 Å². The Morgan fingerprint density at radius 2 is 1.50 bits per heavy atom. The summed E-state index contributed by atoms with van der Waals surface area (Å²) in [7, 11) is 0. The minimum Gasteiger partial charge on any atom is -0.251 e.